The topological polar surface area (TPSA) is 70.2 Å². The Bertz CT molecular complexity index is 1050. The van der Waals surface area contributed by atoms with Gasteiger partial charge in [-0.25, -0.2) is 0 Å². The minimum Gasteiger partial charge on any atom is -0.494 e. The number of benzene rings is 2. The van der Waals surface area contributed by atoms with Crippen LogP contribution in [0.25, 0.3) is 6.08 Å². The molecule has 34 heavy (non-hydrogen) atoms. The molecule has 0 N–H and O–H groups in total. The number of thioether (sulfide) groups is 1. The summed E-state index contributed by atoms with van der Waals surface area (Å²) >= 11 is 0.872. The Balaban J connectivity index is 1.32. The van der Waals surface area contributed by atoms with Gasteiger partial charge in [0.15, 0.2) is 0 Å². The molecule has 4 rings (SSSR count). The van der Waals surface area contributed by atoms with Crippen LogP contribution < -0.4 is 9.64 Å². The number of hydrogen-bond donors (Lipinski definition) is 0. The lowest BCUT2D eigenvalue weighted by Gasteiger charge is -2.36. The highest BCUT2D eigenvalue weighted by molar-refractivity contribution is 8.18. The lowest BCUT2D eigenvalue weighted by Crippen LogP contribution is -2.51. The first-order chi connectivity index (χ1) is 16.5. The van der Waals surface area contributed by atoms with Crippen molar-refractivity contribution >= 4 is 40.6 Å². The molecular weight excluding hydrogens is 450 g/mol. The second-order valence-electron chi connectivity index (χ2n) is 8.24. The molecule has 3 amide bonds. The Labute approximate surface area is 204 Å². The third kappa shape index (κ3) is 5.80. The molecule has 2 aromatic carbocycles. The molecule has 0 saturated carbocycles. The first kappa shape index (κ1) is 23.9. The molecule has 0 bridgehead atoms. The zero-order chi connectivity index (χ0) is 23.9. The van der Waals surface area contributed by atoms with E-state index in [9.17, 15) is 14.4 Å². The van der Waals surface area contributed by atoms with Gasteiger partial charge in [-0.15, -0.1) is 0 Å². The third-order valence-corrected chi connectivity index (χ3v) is 6.77. The highest BCUT2D eigenvalue weighted by Gasteiger charge is 2.37. The number of para-hydroxylation sites is 1. The summed E-state index contributed by atoms with van der Waals surface area (Å²) in [6.45, 7) is 5.12. The zero-order valence-corrected chi connectivity index (χ0v) is 20.1. The lowest BCUT2D eigenvalue weighted by atomic mass is 10.2. The summed E-state index contributed by atoms with van der Waals surface area (Å²) in [6.07, 6.45) is 3.75. The van der Waals surface area contributed by atoms with E-state index in [0.717, 1.165) is 59.6 Å². The van der Waals surface area contributed by atoms with Crippen LogP contribution in [0.1, 0.15) is 25.3 Å². The van der Waals surface area contributed by atoms with Crippen LogP contribution in [0.2, 0.25) is 0 Å². The number of carbonyl (C=O) groups is 3. The molecule has 0 radical (unpaired) electrons. The Morgan fingerprint density at radius 2 is 1.71 bits per heavy atom. The Morgan fingerprint density at radius 3 is 2.38 bits per heavy atom. The maximum absolute atomic E-state index is 12.8. The normalized spacial score (nSPS) is 17.6. The van der Waals surface area contributed by atoms with Crippen molar-refractivity contribution in [2.45, 2.75) is 19.8 Å². The Hall–Kier alpha value is -3.26. The molecule has 2 saturated heterocycles. The van der Waals surface area contributed by atoms with Crippen molar-refractivity contribution in [1.82, 2.24) is 9.80 Å². The van der Waals surface area contributed by atoms with Crippen LogP contribution >= 0.6 is 11.8 Å². The molecule has 0 aliphatic carbocycles. The number of amides is 3. The summed E-state index contributed by atoms with van der Waals surface area (Å²) in [5, 5.41) is -0.410. The Kier molecular flexibility index (Phi) is 7.90. The van der Waals surface area contributed by atoms with Gasteiger partial charge in [-0.05, 0) is 54.1 Å². The minimum atomic E-state index is -0.422. The van der Waals surface area contributed by atoms with E-state index in [0.29, 0.717) is 24.6 Å². The van der Waals surface area contributed by atoms with Crippen molar-refractivity contribution in [3.63, 3.8) is 0 Å². The van der Waals surface area contributed by atoms with Crippen LogP contribution in [0, 0.1) is 0 Å². The van der Waals surface area contributed by atoms with Crippen LogP contribution in [0.3, 0.4) is 0 Å². The average Bonchev–Trinajstić information content (AvgIpc) is 3.13. The van der Waals surface area contributed by atoms with Crippen LogP contribution in [0.4, 0.5) is 10.5 Å². The van der Waals surface area contributed by atoms with Crippen molar-refractivity contribution in [3.05, 3.63) is 65.1 Å². The highest BCUT2D eigenvalue weighted by Crippen LogP contribution is 2.32. The molecule has 0 unspecified atom stereocenters. The summed E-state index contributed by atoms with van der Waals surface area (Å²) in [6, 6.07) is 17.5. The van der Waals surface area contributed by atoms with E-state index >= 15 is 0 Å². The van der Waals surface area contributed by atoms with Crippen molar-refractivity contribution in [3.8, 4) is 5.75 Å². The van der Waals surface area contributed by atoms with Gasteiger partial charge in [-0.2, -0.15) is 0 Å². The van der Waals surface area contributed by atoms with Crippen LogP contribution in [0.5, 0.6) is 5.75 Å². The second-order valence-corrected chi connectivity index (χ2v) is 9.24. The summed E-state index contributed by atoms with van der Waals surface area (Å²) in [5.41, 5.74) is 1.93. The standard InChI is InChI=1S/C26H29N3O4S/c1-2-3-17-33-22-11-9-20(10-12-22)18-23-25(31)29(26(32)34-23)19-24(30)28-15-13-27(14-16-28)21-7-5-4-6-8-21/h4-12,18H,2-3,13-17,19H2,1H3/b23-18-. The summed E-state index contributed by atoms with van der Waals surface area (Å²) < 4.78 is 5.66. The lowest BCUT2D eigenvalue weighted by molar-refractivity contribution is -0.136. The van der Waals surface area contributed by atoms with Gasteiger partial charge < -0.3 is 14.5 Å². The van der Waals surface area contributed by atoms with E-state index in [1.54, 1.807) is 11.0 Å². The van der Waals surface area contributed by atoms with Crippen molar-refractivity contribution in [2.75, 3.05) is 44.2 Å². The molecule has 7 nitrogen and oxygen atoms in total. The molecule has 0 spiro atoms. The van der Waals surface area contributed by atoms with Gasteiger partial charge in [-0.3, -0.25) is 19.3 Å². The number of hydrogen-bond acceptors (Lipinski definition) is 6. The number of rotatable bonds is 8. The van der Waals surface area contributed by atoms with Crippen molar-refractivity contribution in [2.24, 2.45) is 0 Å². The summed E-state index contributed by atoms with van der Waals surface area (Å²) in [4.78, 5) is 43.4. The van der Waals surface area contributed by atoms with Crippen molar-refractivity contribution < 1.29 is 19.1 Å². The van der Waals surface area contributed by atoms with Gasteiger partial charge >= 0.3 is 0 Å². The van der Waals surface area contributed by atoms with Gasteiger partial charge in [0.05, 0.1) is 11.5 Å². The zero-order valence-electron chi connectivity index (χ0n) is 19.3. The SMILES string of the molecule is CCCCOc1ccc(/C=C2\SC(=O)N(CC(=O)N3CCN(c4ccccc4)CC3)C2=O)cc1. The fourth-order valence-electron chi connectivity index (χ4n) is 3.87. The maximum Gasteiger partial charge on any atom is 0.294 e. The highest BCUT2D eigenvalue weighted by atomic mass is 32.2. The molecule has 178 valence electrons. The Morgan fingerprint density at radius 1 is 1.00 bits per heavy atom. The molecular formula is C26H29N3O4S. The summed E-state index contributed by atoms with van der Waals surface area (Å²) in [7, 11) is 0. The molecule has 2 fully saturated rings. The van der Waals surface area contributed by atoms with Gasteiger partial charge in [0.2, 0.25) is 5.91 Å². The fraction of sp³-hybridized carbons (Fsp3) is 0.346. The predicted molar refractivity (Wildman–Crippen MR) is 135 cm³/mol. The number of piperazine rings is 1. The van der Waals surface area contributed by atoms with Crippen LogP contribution in [-0.2, 0) is 9.59 Å². The number of nitrogens with zero attached hydrogens (tertiary/aromatic N) is 3. The van der Waals surface area contributed by atoms with Crippen LogP contribution in [-0.4, -0.2) is 66.2 Å². The number of anilines is 1. The van der Waals surface area contributed by atoms with E-state index in [1.165, 1.54) is 0 Å². The first-order valence-electron chi connectivity index (χ1n) is 11.6. The van der Waals surface area contributed by atoms with Gasteiger partial charge in [0.1, 0.15) is 12.3 Å². The van der Waals surface area contributed by atoms with Gasteiger partial charge in [0, 0.05) is 31.9 Å². The molecule has 2 heterocycles. The molecule has 8 heteroatoms. The fourth-order valence-corrected chi connectivity index (χ4v) is 4.71. The maximum atomic E-state index is 12.8. The molecule has 2 aliphatic heterocycles. The molecule has 2 aliphatic rings. The van der Waals surface area contributed by atoms with Gasteiger partial charge in [0.25, 0.3) is 11.1 Å². The molecule has 0 atom stereocenters. The van der Waals surface area contributed by atoms with Gasteiger partial charge in [-0.1, -0.05) is 43.7 Å². The largest absolute Gasteiger partial charge is 0.494 e. The van der Waals surface area contributed by atoms with E-state index in [-0.39, 0.29) is 12.5 Å². The quantitative estimate of drug-likeness (QED) is 0.416. The number of imide groups is 1. The molecule has 0 aromatic heterocycles. The van der Waals surface area contributed by atoms with Crippen LogP contribution in [0.15, 0.2) is 59.5 Å². The number of unbranched alkanes of at least 4 members (excludes halogenated alkanes) is 1. The second kappa shape index (κ2) is 11.2. The first-order valence-corrected chi connectivity index (χ1v) is 12.4. The van der Waals surface area contributed by atoms with E-state index in [2.05, 4.69) is 24.0 Å². The monoisotopic (exact) mass is 479 g/mol. The van der Waals surface area contributed by atoms with Crippen molar-refractivity contribution in [1.29, 1.82) is 0 Å². The predicted octanol–water partition coefficient (Wildman–Crippen LogP) is 4.25. The number of ether oxygens (including phenoxy) is 1. The molecule has 2 aromatic rings. The van der Waals surface area contributed by atoms with E-state index in [1.807, 2.05) is 42.5 Å². The minimum absolute atomic E-state index is 0.204. The smallest absolute Gasteiger partial charge is 0.294 e. The third-order valence-electron chi connectivity index (χ3n) is 5.87. The average molecular weight is 480 g/mol. The summed E-state index contributed by atoms with van der Waals surface area (Å²) in [5.74, 6) is 0.149. The van der Waals surface area contributed by atoms with E-state index in [4.69, 9.17) is 4.74 Å². The number of carbonyl (C=O) groups excluding carboxylic acids is 3. The van der Waals surface area contributed by atoms with E-state index < -0.39 is 11.1 Å².